The van der Waals surface area contributed by atoms with Crippen LogP contribution in [0.4, 0.5) is 20.5 Å². The average molecular weight is 1150 g/mol. The number of likely N-dealkylation sites (tertiary alicyclic amines) is 1. The van der Waals surface area contributed by atoms with Gasteiger partial charge in [-0.05, 0) is 54.2 Å². The predicted molar refractivity (Wildman–Crippen MR) is 300 cm³/mol. The Balaban J connectivity index is 0.800. The van der Waals surface area contributed by atoms with Crippen molar-refractivity contribution >= 4 is 75.1 Å². The van der Waals surface area contributed by atoms with E-state index in [0.717, 1.165) is 27.8 Å². The molecule has 0 aliphatic carbocycles. The molecule has 24 heteroatoms. The van der Waals surface area contributed by atoms with Crippen molar-refractivity contribution in [1.82, 2.24) is 40.3 Å². The number of aromatic nitrogens is 3. The lowest BCUT2D eigenvalue weighted by Gasteiger charge is -2.35. The maximum atomic E-state index is 16.5. The van der Waals surface area contributed by atoms with Gasteiger partial charge in [0.05, 0.1) is 65.8 Å². The molecule has 2 aliphatic rings. The number of hydrogen-bond acceptors (Lipinski definition) is 16. The maximum absolute atomic E-state index is 16.5. The van der Waals surface area contributed by atoms with Gasteiger partial charge in [0.25, 0.3) is 0 Å². The van der Waals surface area contributed by atoms with Gasteiger partial charge in [0.1, 0.15) is 41.6 Å². The SMILES string of the molecule is C=CC(=O)N1CCN(c2nc(NCCC(=O)N(C)CCOCCOCCOCC(=O)N[C@H](C(=O)N3C[C@H](O)C[C@H]3C(=O)NCCc3ccc(-c4scnc4C)cc3)C(C)(C)C)nc3c(F)c(-c4c(O)cccc4F)c(Cl)cc23)CC1. The van der Waals surface area contributed by atoms with E-state index in [0.29, 0.717) is 45.0 Å². The summed E-state index contributed by atoms with van der Waals surface area (Å²) in [5.74, 6) is -3.93. The zero-order chi connectivity index (χ0) is 57.7. The fourth-order valence-electron chi connectivity index (χ4n) is 9.33. The van der Waals surface area contributed by atoms with Gasteiger partial charge in [-0.25, -0.2) is 18.7 Å². The molecular formula is C56H69ClF2N10O10S. The molecule has 4 heterocycles. The monoisotopic (exact) mass is 1150 g/mol. The van der Waals surface area contributed by atoms with E-state index in [2.05, 4.69) is 37.5 Å². The molecule has 430 valence electrons. The summed E-state index contributed by atoms with van der Waals surface area (Å²) in [6, 6.07) is 11.2. The van der Waals surface area contributed by atoms with E-state index in [-0.39, 0.29) is 117 Å². The summed E-state index contributed by atoms with van der Waals surface area (Å²) in [5, 5.41) is 29.8. The molecule has 2 aromatic heterocycles. The Kier molecular flexibility index (Phi) is 21.3. The van der Waals surface area contributed by atoms with Crippen molar-refractivity contribution in [2.45, 2.75) is 65.1 Å². The smallest absolute Gasteiger partial charge is 0.246 e. The number of aromatic hydroxyl groups is 1. The van der Waals surface area contributed by atoms with Crippen molar-refractivity contribution < 1.29 is 57.2 Å². The molecular weight excluding hydrogens is 1080 g/mol. The number of fused-ring (bicyclic) bond motifs is 1. The summed E-state index contributed by atoms with van der Waals surface area (Å²) >= 11 is 8.16. The van der Waals surface area contributed by atoms with Crippen LogP contribution in [0.1, 0.15) is 44.9 Å². The van der Waals surface area contributed by atoms with Crippen LogP contribution in [0.15, 0.2) is 66.7 Å². The van der Waals surface area contributed by atoms with Crippen molar-refractivity contribution in [2.24, 2.45) is 5.41 Å². The zero-order valence-electron chi connectivity index (χ0n) is 45.6. The topological polar surface area (TPSA) is 241 Å². The average Bonchev–Trinajstić information content (AvgIpc) is 4.18. The molecule has 2 fully saturated rings. The normalized spacial score (nSPS) is 15.9. The molecule has 0 radical (unpaired) electrons. The number of carbonyl (C=O) groups is 5. The van der Waals surface area contributed by atoms with Gasteiger partial charge < -0.3 is 60.0 Å². The number of phenols is 1. The number of amides is 5. The number of nitrogens with one attached hydrogen (secondary N) is 3. The van der Waals surface area contributed by atoms with Crippen LogP contribution in [0.5, 0.6) is 5.75 Å². The third-order valence-corrected chi connectivity index (χ3v) is 15.0. The number of ether oxygens (including phenoxy) is 3. The van der Waals surface area contributed by atoms with Crippen LogP contribution in [0, 0.1) is 24.0 Å². The first-order chi connectivity index (χ1) is 38.2. The van der Waals surface area contributed by atoms with Crippen LogP contribution in [-0.2, 0) is 44.6 Å². The minimum absolute atomic E-state index is 0.00977. The number of hydrogen-bond donors (Lipinski definition) is 5. The first-order valence-electron chi connectivity index (χ1n) is 26.4. The number of aliphatic hydroxyl groups is 1. The summed E-state index contributed by atoms with van der Waals surface area (Å²) < 4.78 is 48.3. The van der Waals surface area contributed by atoms with Gasteiger partial charge in [-0.15, -0.1) is 11.3 Å². The minimum Gasteiger partial charge on any atom is -0.507 e. The van der Waals surface area contributed by atoms with Crippen LogP contribution >= 0.6 is 22.9 Å². The lowest BCUT2D eigenvalue weighted by molar-refractivity contribution is -0.144. The highest BCUT2D eigenvalue weighted by molar-refractivity contribution is 7.13. The molecule has 0 saturated carbocycles. The summed E-state index contributed by atoms with van der Waals surface area (Å²) in [4.78, 5) is 86.7. The number of aliphatic hydroxyl groups excluding tert-OH is 1. The number of β-amino-alcohol motifs (C(OH)–C–C–N with tert-alkyl or cyclic N) is 1. The van der Waals surface area contributed by atoms with Crippen molar-refractivity contribution in [1.29, 1.82) is 0 Å². The van der Waals surface area contributed by atoms with Gasteiger partial charge in [0.2, 0.25) is 35.5 Å². The quantitative estimate of drug-likeness (QED) is 0.0365. The molecule has 0 bridgehead atoms. The van der Waals surface area contributed by atoms with Crippen molar-refractivity contribution in [3.63, 3.8) is 0 Å². The summed E-state index contributed by atoms with van der Waals surface area (Å²) in [7, 11) is 1.62. The number of benzene rings is 3. The van der Waals surface area contributed by atoms with Crippen molar-refractivity contribution in [3.05, 3.63) is 94.6 Å². The molecule has 80 heavy (non-hydrogen) atoms. The second kappa shape index (κ2) is 28.0. The van der Waals surface area contributed by atoms with E-state index in [9.17, 15) is 34.2 Å². The molecule has 3 atom stereocenters. The molecule has 5 aromatic rings. The molecule has 5 N–H and O–H groups in total. The van der Waals surface area contributed by atoms with E-state index in [1.165, 1.54) is 34.1 Å². The third-order valence-electron chi connectivity index (χ3n) is 13.7. The first-order valence-corrected chi connectivity index (χ1v) is 27.6. The minimum atomic E-state index is -1.01. The Hall–Kier alpha value is -6.89. The molecule has 20 nitrogen and oxygen atoms in total. The lowest BCUT2D eigenvalue weighted by atomic mass is 9.85. The molecule has 0 unspecified atom stereocenters. The Bertz CT molecular complexity index is 2990. The number of piperazine rings is 1. The number of halogens is 3. The number of carbonyl (C=O) groups excluding carboxylic acids is 5. The van der Waals surface area contributed by atoms with E-state index < -0.39 is 58.4 Å². The Morgan fingerprint density at radius 1 is 0.963 bits per heavy atom. The fourth-order valence-corrected chi connectivity index (χ4v) is 10.4. The largest absolute Gasteiger partial charge is 0.507 e. The summed E-state index contributed by atoms with van der Waals surface area (Å²) in [5.41, 5.74) is 3.16. The molecule has 0 spiro atoms. The number of likely N-dealkylation sites (N-methyl/N-ethyl adjacent to an activating group) is 1. The highest BCUT2D eigenvalue weighted by Crippen LogP contribution is 2.43. The molecule has 5 amide bonds. The zero-order valence-corrected chi connectivity index (χ0v) is 47.1. The standard InChI is InChI=1S/C56H69ClF2N10O10S/c1-7-44(73)67-19-21-68(22-20-67)52-38-30-39(57)46(47-40(58)9-8-10-42(47)71)48(59)49(38)64-55(65-52)61-18-16-45(74)66(6)23-24-77-25-26-78-27-28-79-32-43(72)63-51(56(3,4)5)54(76)69-31-37(70)29-41(69)53(75)60-17-15-35-11-13-36(14-12-35)50-34(2)62-33-80-50/h7-14,30,33,37,41,51,70-71H,1,15-29,31-32H2,2-6H3,(H,60,75)(H,63,72)(H,61,64,65)/t37-,41+,51-/m1/s1. The Morgan fingerprint density at radius 2 is 1.66 bits per heavy atom. The van der Waals surface area contributed by atoms with Crippen LogP contribution < -0.4 is 20.9 Å². The van der Waals surface area contributed by atoms with Gasteiger partial charge in [-0.2, -0.15) is 4.98 Å². The Morgan fingerprint density at radius 3 is 2.33 bits per heavy atom. The summed E-state index contributed by atoms with van der Waals surface area (Å²) in [6.45, 7) is 13.4. The van der Waals surface area contributed by atoms with Gasteiger partial charge in [0, 0.05) is 83.2 Å². The summed E-state index contributed by atoms with van der Waals surface area (Å²) in [6.07, 6.45) is 0.991. The van der Waals surface area contributed by atoms with E-state index >= 15 is 8.78 Å². The van der Waals surface area contributed by atoms with Gasteiger partial charge >= 0.3 is 0 Å². The lowest BCUT2D eigenvalue weighted by Crippen LogP contribution is -2.58. The highest BCUT2D eigenvalue weighted by atomic mass is 35.5. The van der Waals surface area contributed by atoms with Gasteiger partial charge in [-0.1, -0.05) is 69.3 Å². The first kappa shape index (κ1) is 60.7. The van der Waals surface area contributed by atoms with Crippen molar-refractivity contribution in [2.75, 3.05) is 109 Å². The molecule has 7 rings (SSSR count). The second-order valence-electron chi connectivity index (χ2n) is 20.5. The maximum Gasteiger partial charge on any atom is 0.246 e. The van der Waals surface area contributed by atoms with Crippen LogP contribution in [0.3, 0.4) is 0 Å². The molecule has 2 aliphatic heterocycles. The number of thiazole rings is 1. The van der Waals surface area contributed by atoms with E-state index in [1.807, 2.05) is 41.6 Å². The van der Waals surface area contributed by atoms with Crippen LogP contribution in [-0.4, -0.2) is 187 Å². The van der Waals surface area contributed by atoms with Gasteiger partial charge in [-0.3, -0.25) is 24.0 Å². The molecule has 3 aromatic carbocycles. The fraction of sp³-hybridized carbons (Fsp3) is 0.464. The van der Waals surface area contributed by atoms with Crippen molar-refractivity contribution in [3.8, 4) is 27.3 Å². The van der Waals surface area contributed by atoms with Gasteiger partial charge in [0.15, 0.2) is 5.82 Å². The number of anilines is 2. The predicted octanol–water partition coefficient (Wildman–Crippen LogP) is 5.36. The Labute approximate surface area is 472 Å². The second-order valence-corrected chi connectivity index (χ2v) is 21.8. The number of phenolic OH excluding ortho intramolecular Hbond substituents is 1. The highest BCUT2D eigenvalue weighted by Gasteiger charge is 2.44. The number of aryl methyl sites for hydroxylation is 1. The van der Waals surface area contributed by atoms with E-state index in [1.54, 1.807) is 44.1 Å². The van der Waals surface area contributed by atoms with Crippen LogP contribution in [0.2, 0.25) is 5.02 Å². The number of nitrogens with zero attached hydrogens (tertiary/aromatic N) is 7. The number of rotatable bonds is 25. The molecule has 2 saturated heterocycles. The van der Waals surface area contributed by atoms with E-state index in [4.69, 9.17) is 25.8 Å². The third kappa shape index (κ3) is 15.5. The van der Waals surface area contributed by atoms with Crippen LogP contribution in [0.25, 0.3) is 32.5 Å².